The molecule has 1 atom stereocenters. The van der Waals surface area contributed by atoms with Crippen molar-refractivity contribution in [3.05, 3.63) is 71.4 Å². The Balaban J connectivity index is 1.27. The number of rotatable bonds is 5. The maximum absolute atomic E-state index is 13.3. The van der Waals surface area contributed by atoms with Crippen molar-refractivity contribution in [3.8, 4) is 5.88 Å². The smallest absolute Gasteiger partial charge is 0.254 e. The van der Waals surface area contributed by atoms with Gasteiger partial charge in [0.2, 0.25) is 5.88 Å². The lowest BCUT2D eigenvalue weighted by atomic mass is 9.96. The molecule has 4 heterocycles. The summed E-state index contributed by atoms with van der Waals surface area (Å²) in [5.74, 6) is 2.90. The normalized spacial score (nSPS) is 18.6. The molecule has 0 spiro atoms. The number of likely N-dealkylation sites (tertiary alicyclic amines) is 1. The fourth-order valence-electron chi connectivity index (χ4n) is 4.72. The maximum atomic E-state index is 13.3. The molecule has 1 saturated heterocycles. The highest BCUT2D eigenvalue weighted by Gasteiger charge is 2.30. The topological polar surface area (TPSA) is 73.1 Å². The molecular weight excluding hydrogens is 402 g/mol. The average Bonchev–Trinajstić information content (AvgIpc) is 3.11. The molecule has 0 aliphatic carbocycles. The molecule has 3 aromatic rings. The number of hydrogen-bond acceptors (Lipinski definition) is 5. The van der Waals surface area contributed by atoms with Gasteiger partial charge in [0, 0.05) is 49.8 Å². The molecule has 32 heavy (non-hydrogen) atoms. The lowest BCUT2D eigenvalue weighted by Crippen LogP contribution is -2.39. The predicted molar refractivity (Wildman–Crippen MR) is 120 cm³/mol. The van der Waals surface area contributed by atoms with Gasteiger partial charge in [0.15, 0.2) is 0 Å². The number of piperidine rings is 1. The van der Waals surface area contributed by atoms with E-state index in [-0.39, 0.29) is 11.8 Å². The molecule has 1 unspecified atom stereocenters. The molecule has 0 radical (unpaired) electrons. The standard InChI is InChI=1S/C25H29N5O2/c31-25(20-12-13-26-23(16-20)32-18-19-8-3-1-4-9-19)29-14-7-10-21(17-29)24-28-27-22-11-5-2-6-15-30(22)24/h1,3-4,8-9,12-13,16,21H,2,5-7,10-11,14-15,17-18H2. The van der Waals surface area contributed by atoms with Crippen molar-refractivity contribution in [1.82, 2.24) is 24.6 Å². The summed E-state index contributed by atoms with van der Waals surface area (Å²) >= 11 is 0. The van der Waals surface area contributed by atoms with Crippen LogP contribution in [0.1, 0.15) is 65.6 Å². The molecule has 1 aromatic carbocycles. The number of benzene rings is 1. The Labute approximate surface area is 188 Å². The van der Waals surface area contributed by atoms with Crippen LogP contribution in [-0.4, -0.2) is 43.6 Å². The molecule has 0 saturated carbocycles. The van der Waals surface area contributed by atoms with Crippen LogP contribution in [0.15, 0.2) is 48.7 Å². The average molecular weight is 432 g/mol. The van der Waals surface area contributed by atoms with Gasteiger partial charge in [-0.15, -0.1) is 10.2 Å². The van der Waals surface area contributed by atoms with Crippen LogP contribution in [0.5, 0.6) is 5.88 Å². The van der Waals surface area contributed by atoms with Crippen molar-refractivity contribution in [3.63, 3.8) is 0 Å². The summed E-state index contributed by atoms with van der Waals surface area (Å²) in [4.78, 5) is 19.5. The van der Waals surface area contributed by atoms with Gasteiger partial charge in [0.05, 0.1) is 0 Å². The second kappa shape index (κ2) is 9.51. The number of carbonyl (C=O) groups excluding carboxylic acids is 1. The summed E-state index contributed by atoms with van der Waals surface area (Å²) in [6, 6.07) is 13.5. The van der Waals surface area contributed by atoms with Gasteiger partial charge in [-0.3, -0.25) is 4.79 Å². The van der Waals surface area contributed by atoms with E-state index >= 15 is 0 Å². The lowest BCUT2D eigenvalue weighted by molar-refractivity contribution is 0.0702. The fraction of sp³-hybridized carbons (Fsp3) is 0.440. The quantitative estimate of drug-likeness (QED) is 0.611. The van der Waals surface area contributed by atoms with Gasteiger partial charge in [-0.25, -0.2) is 4.98 Å². The molecule has 1 amide bonds. The first kappa shape index (κ1) is 20.7. The number of fused-ring (bicyclic) bond motifs is 1. The van der Waals surface area contributed by atoms with Gasteiger partial charge < -0.3 is 14.2 Å². The van der Waals surface area contributed by atoms with Crippen molar-refractivity contribution in [2.45, 2.75) is 57.6 Å². The van der Waals surface area contributed by atoms with Crippen LogP contribution in [0.3, 0.4) is 0 Å². The van der Waals surface area contributed by atoms with Crippen molar-refractivity contribution in [2.75, 3.05) is 13.1 Å². The number of carbonyl (C=O) groups is 1. The van der Waals surface area contributed by atoms with Crippen LogP contribution >= 0.6 is 0 Å². The summed E-state index contributed by atoms with van der Waals surface area (Å²) < 4.78 is 8.13. The molecule has 7 nitrogen and oxygen atoms in total. The molecular formula is C25H29N5O2. The van der Waals surface area contributed by atoms with Gasteiger partial charge >= 0.3 is 0 Å². The van der Waals surface area contributed by atoms with Gasteiger partial charge in [-0.2, -0.15) is 0 Å². The number of nitrogens with zero attached hydrogens (tertiary/aromatic N) is 5. The first-order valence-corrected chi connectivity index (χ1v) is 11.6. The first-order valence-electron chi connectivity index (χ1n) is 11.6. The van der Waals surface area contributed by atoms with Gasteiger partial charge in [-0.05, 0) is 37.3 Å². The highest BCUT2D eigenvalue weighted by molar-refractivity contribution is 5.94. The number of pyridine rings is 1. The number of ether oxygens (including phenoxy) is 1. The van der Waals surface area contributed by atoms with E-state index in [0.717, 1.165) is 49.6 Å². The van der Waals surface area contributed by atoms with Crippen LogP contribution in [-0.2, 0) is 19.6 Å². The van der Waals surface area contributed by atoms with Crippen LogP contribution in [0, 0.1) is 0 Å². The number of aromatic nitrogens is 4. The van der Waals surface area contributed by atoms with E-state index in [1.165, 1.54) is 19.3 Å². The Morgan fingerprint density at radius 1 is 1.03 bits per heavy atom. The van der Waals surface area contributed by atoms with E-state index in [0.29, 0.717) is 24.6 Å². The Kier molecular flexibility index (Phi) is 6.14. The second-order valence-corrected chi connectivity index (χ2v) is 8.68. The summed E-state index contributed by atoms with van der Waals surface area (Å²) in [5.41, 5.74) is 1.68. The van der Waals surface area contributed by atoms with Crippen LogP contribution in [0.4, 0.5) is 0 Å². The Hall–Kier alpha value is -3.22. The SMILES string of the molecule is O=C(c1ccnc(OCc2ccccc2)c1)N1CCCC(c2nnc3n2CCCCC3)C1. The Morgan fingerprint density at radius 2 is 1.94 bits per heavy atom. The minimum atomic E-state index is 0.0252. The van der Waals surface area contributed by atoms with Crippen molar-refractivity contribution in [1.29, 1.82) is 0 Å². The lowest BCUT2D eigenvalue weighted by Gasteiger charge is -2.32. The van der Waals surface area contributed by atoms with E-state index in [1.54, 1.807) is 18.3 Å². The maximum Gasteiger partial charge on any atom is 0.254 e. The minimum absolute atomic E-state index is 0.0252. The molecule has 5 rings (SSSR count). The van der Waals surface area contributed by atoms with Crippen LogP contribution in [0.2, 0.25) is 0 Å². The predicted octanol–water partition coefficient (Wildman–Crippen LogP) is 4.00. The van der Waals surface area contributed by atoms with E-state index < -0.39 is 0 Å². The van der Waals surface area contributed by atoms with Gasteiger partial charge in [0.25, 0.3) is 5.91 Å². The highest BCUT2D eigenvalue weighted by atomic mass is 16.5. The fourth-order valence-corrected chi connectivity index (χ4v) is 4.72. The number of hydrogen-bond donors (Lipinski definition) is 0. The molecule has 2 aromatic heterocycles. The third-order valence-electron chi connectivity index (χ3n) is 6.42. The Bertz CT molecular complexity index is 1070. The van der Waals surface area contributed by atoms with Crippen LogP contribution < -0.4 is 4.74 Å². The monoisotopic (exact) mass is 431 g/mol. The minimum Gasteiger partial charge on any atom is -0.473 e. The molecule has 7 heteroatoms. The largest absolute Gasteiger partial charge is 0.473 e. The van der Waals surface area contributed by atoms with Gasteiger partial charge in [0.1, 0.15) is 18.3 Å². The number of amides is 1. The van der Waals surface area contributed by atoms with Crippen molar-refractivity contribution < 1.29 is 9.53 Å². The van der Waals surface area contributed by atoms with Gasteiger partial charge in [-0.1, -0.05) is 36.8 Å². The van der Waals surface area contributed by atoms with Crippen molar-refractivity contribution >= 4 is 5.91 Å². The van der Waals surface area contributed by atoms with E-state index in [4.69, 9.17) is 4.74 Å². The zero-order valence-corrected chi connectivity index (χ0v) is 18.3. The molecule has 2 aliphatic rings. The second-order valence-electron chi connectivity index (χ2n) is 8.68. The summed E-state index contributed by atoms with van der Waals surface area (Å²) in [5, 5.41) is 9.00. The van der Waals surface area contributed by atoms with E-state index in [9.17, 15) is 4.79 Å². The van der Waals surface area contributed by atoms with Crippen molar-refractivity contribution in [2.24, 2.45) is 0 Å². The molecule has 0 bridgehead atoms. The summed E-state index contributed by atoms with van der Waals surface area (Å²) in [6.45, 7) is 2.86. The van der Waals surface area contributed by atoms with E-state index in [2.05, 4.69) is 19.7 Å². The zero-order valence-electron chi connectivity index (χ0n) is 18.3. The zero-order chi connectivity index (χ0) is 21.8. The molecule has 0 N–H and O–H groups in total. The Morgan fingerprint density at radius 3 is 2.84 bits per heavy atom. The summed E-state index contributed by atoms with van der Waals surface area (Å²) in [7, 11) is 0. The van der Waals surface area contributed by atoms with Crippen LogP contribution in [0.25, 0.3) is 0 Å². The van der Waals surface area contributed by atoms with E-state index in [1.807, 2.05) is 35.2 Å². The highest BCUT2D eigenvalue weighted by Crippen LogP contribution is 2.29. The third-order valence-corrected chi connectivity index (χ3v) is 6.42. The first-order chi connectivity index (χ1) is 15.8. The molecule has 2 aliphatic heterocycles. The third kappa shape index (κ3) is 4.52. The molecule has 1 fully saturated rings. The summed E-state index contributed by atoms with van der Waals surface area (Å²) in [6.07, 6.45) is 8.28. The number of aryl methyl sites for hydroxylation is 1. The molecule has 166 valence electrons.